The van der Waals surface area contributed by atoms with E-state index in [1.54, 1.807) is 7.11 Å². The molecule has 1 heterocycles. The van der Waals surface area contributed by atoms with E-state index in [1.165, 1.54) is 0 Å². The molecule has 144 valence electrons. The van der Waals surface area contributed by atoms with Gasteiger partial charge in [-0.1, -0.05) is 20.8 Å². The molecule has 0 spiro atoms. The fraction of sp³-hybridized carbons (Fsp3) is 0.600. The number of nitrogens with zero attached hydrogens (tertiary/aromatic N) is 1. The van der Waals surface area contributed by atoms with Crippen LogP contribution >= 0.6 is 0 Å². The average molecular weight is 362 g/mol. The van der Waals surface area contributed by atoms with E-state index in [2.05, 4.69) is 5.32 Å². The fourth-order valence-corrected chi connectivity index (χ4v) is 2.98. The van der Waals surface area contributed by atoms with Gasteiger partial charge in [0.15, 0.2) is 0 Å². The minimum absolute atomic E-state index is 0.0278. The van der Waals surface area contributed by atoms with E-state index in [-0.39, 0.29) is 23.1 Å². The van der Waals surface area contributed by atoms with Gasteiger partial charge in [0.05, 0.1) is 13.7 Å². The Labute approximate surface area is 155 Å². The van der Waals surface area contributed by atoms with Gasteiger partial charge in [0.1, 0.15) is 18.1 Å². The number of hydrogen-bond donors (Lipinski definition) is 1. The molecule has 0 bridgehead atoms. The maximum Gasteiger partial charge on any atom is 0.227 e. The zero-order valence-corrected chi connectivity index (χ0v) is 16.2. The molecule has 1 aliphatic rings. The number of carbonyl (C=O) groups is 2. The predicted octanol–water partition coefficient (Wildman–Crippen LogP) is 2.47. The van der Waals surface area contributed by atoms with Crippen molar-refractivity contribution in [2.75, 3.05) is 33.4 Å². The van der Waals surface area contributed by atoms with Gasteiger partial charge in [-0.05, 0) is 37.1 Å². The highest BCUT2D eigenvalue weighted by Gasteiger charge is 2.32. The Hall–Kier alpha value is -2.24. The Morgan fingerprint density at radius 2 is 1.69 bits per heavy atom. The molecule has 6 heteroatoms. The summed E-state index contributed by atoms with van der Waals surface area (Å²) in [4.78, 5) is 26.4. The van der Waals surface area contributed by atoms with Crippen molar-refractivity contribution in [1.29, 1.82) is 0 Å². The first kappa shape index (κ1) is 20.1. The summed E-state index contributed by atoms with van der Waals surface area (Å²) >= 11 is 0. The SMILES string of the molecule is COc1ccc(OCCNC(=O)C2CCN(C(=O)C(C)(C)C)CC2)cc1. The molecular formula is C20H30N2O4. The summed E-state index contributed by atoms with van der Waals surface area (Å²) in [7, 11) is 1.62. The normalized spacial score (nSPS) is 15.5. The number of piperidine rings is 1. The molecule has 0 aliphatic carbocycles. The van der Waals surface area contributed by atoms with E-state index < -0.39 is 0 Å². The first-order chi connectivity index (χ1) is 12.3. The number of likely N-dealkylation sites (tertiary alicyclic amines) is 1. The Bertz CT molecular complexity index is 599. The lowest BCUT2D eigenvalue weighted by Crippen LogP contribution is -2.47. The zero-order chi connectivity index (χ0) is 19.2. The number of nitrogens with one attached hydrogen (secondary N) is 1. The van der Waals surface area contributed by atoms with Gasteiger partial charge in [-0.25, -0.2) is 0 Å². The minimum Gasteiger partial charge on any atom is -0.497 e. The van der Waals surface area contributed by atoms with Crippen LogP contribution in [0.3, 0.4) is 0 Å². The molecule has 6 nitrogen and oxygen atoms in total. The van der Waals surface area contributed by atoms with Crippen LogP contribution in [0.15, 0.2) is 24.3 Å². The van der Waals surface area contributed by atoms with E-state index in [0.717, 1.165) is 11.5 Å². The molecule has 1 aromatic carbocycles. The number of rotatable bonds is 6. The summed E-state index contributed by atoms with van der Waals surface area (Å²) in [5, 5.41) is 2.93. The Kier molecular flexibility index (Phi) is 6.89. The largest absolute Gasteiger partial charge is 0.497 e. The molecule has 1 saturated heterocycles. The molecule has 2 rings (SSSR count). The van der Waals surface area contributed by atoms with Crippen LogP contribution in [0.2, 0.25) is 0 Å². The fourth-order valence-electron chi connectivity index (χ4n) is 2.98. The molecule has 0 radical (unpaired) electrons. The molecule has 0 atom stereocenters. The van der Waals surface area contributed by atoms with Crippen molar-refractivity contribution in [2.24, 2.45) is 11.3 Å². The second-order valence-corrected chi connectivity index (χ2v) is 7.63. The summed E-state index contributed by atoms with van der Waals surface area (Å²) in [6, 6.07) is 7.34. The molecule has 0 unspecified atom stereocenters. The van der Waals surface area contributed by atoms with Gasteiger partial charge in [0, 0.05) is 24.4 Å². The summed E-state index contributed by atoms with van der Waals surface area (Å²) < 4.78 is 10.7. The molecular weight excluding hydrogens is 332 g/mol. The van der Waals surface area contributed by atoms with Gasteiger partial charge < -0.3 is 19.7 Å². The van der Waals surface area contributed by atoms with Crippen molar-refractivity contribution < 1.29 is 19.1 Å². The maximum absolute atomic E-state index is 12.3. The van der Waals surface area contributed by atoms with Crippen molar-refractivity contribution in [3.8, 4) is 11.5 Å². The highest BCUT2D eigenvalue weighted by Crippen LogP contribution is 2.23. The van der Waals surface area contributed by atoms with Gasteiger partial charge in [-0.2, -0.15) is 0 Å². The molecule has 0 saturated carbocycles. The number of amides is 2. The second kappa shape index (κ2) is 8.92. The quantitative estimate of drug-likeness (QED) is 0.790. The first-order valence-corrected chi connectivity index (χ1v) is 9.15. The van der Waals surface area contributed by atoms with Gasteiger partial charge in [0.25, 0.3) is 0 Å². The van der Waals surface area contributed by atoms with Crippen molar-refractivity contribution in [1.82, 2.24) is 10.2 Å². The predicted molar refractivity (Wildman–Crippen MR) is 100 cm³/mol. The lowest BCUT2D eigenvalue weighted by Gasteiger charge is -2.35. The van der Waals surface area contributed by atoms with Gasteiger partial charge in [-0.15, -0.1) is 0 Å². The third kappa shape index (κ3) is 5.64. The monoisotopic (exact) mass is 362 g/mol. The van der Waals surface area contributed by atoms with Crippen LogP contribution in [0.4, 0.5) is 0 Å². The topological polar surface area (TPSA) is 67.9 Å². The maximum atomic E-state index is 12.3. The average Bonchev–Trinajstić information content (AvgIpc) is 2.64. The third-order valence-electron chi connectivity index (χ3n) is 4.52. The van der Waals surface area contributed by atoms with E-state index in [4.69, 9.17) is 9.47 Å². The molecule has 1 fully saturated rings. The molecule has 2 amide bonds. The van der Waals surface area contributed by atoms with Gasteiger partial charge >= 0.3 is 0 Å². The highest BCUT2D eigenvalue weighted by atomic mass is 16.5. The zero-order valence-electron chi connectivity index (χ0n) is 16.2. The number of benzene rings is 1. The van der Waals surface area contributed by atoms with E-state index in [9.17, 15) is 9.59 Å². The van der Waals surface area contributed by atoms with Gasteiger partial charge in [0.2, 0.25) is 11.8 Å². The second-order valence-electron chi connectivity index (χ2n) is 7.63. The lowest BCUT2D eigenvalue weighted by molar-refractivity contribution is -0.142. The molecule has 1 aromatic rings. The number of hydrogen-bond acceptors (Lipinski definition) is 4. The van der Waals surface area contributed by atoms with Crippen LogP contribution < -0.4 is 14.8 Å². The van der Waals surface area contributed by atoms with Crippen molar-refractivity contribution >= 4 is 11.8 Å². The van der Waals surface area contributed by atoms with Crippen molar-refractivity contribution in [2.45, 2.75) is 33.6 Å². The number of ether oxygens (including phenoxy) is 2. The summed E-state index contributed by atoms with van der Waals surface area (Å²) in [6.07, 6.45) is 1.43. The van der Waals surface area contributed by atoms with Crippen LogP contribution in [0, 0.1) is 11.3 Å². The number of carbonyl (C=O) groups excluding carboxylic acids is 2. The van der Waals surface area contributed by atoms with E-state index in [1.807, 2.05) is 49.9 Å². The first-order valence-electron chi connectivity index (χ1n) is 9.15. The van der Waals surface area contributed by atoms with E-state index >= 15 is 0 Å². The van der Waals surface area contributed by atoms with Crippen LogP contribution in [0.1, 0.15) is 33.6 Å². The standard InChI is InChI=1S/C20H30N2O4/c1-20(2,3)19(24)22-12-9-15(10-13-22)18(23)21-11-14-26-17-7-5-16(25-4)6-8-17/h5-8,15H,9-14H2,1-4H3,(H,21,23). The summed E-state index contributed by atoms with van der Waals surface area (Å²) in [6.45, 7) is 7.96. The van der Waals surface area contributed by atoms with Crippen molar-refractivity contribution in [3.63, 3.8) is 0 Å². The van der Waals surface area contributed by atoms with Crippen LogP contribution in [0.25, 0.3) is 0 Å². The van der Waals surface area contributed by atoms with Crippen LogP contribution in [-0.4, -0.2) is 50.1 Å². The molecule has 1 N–H and O–H groups in total. The Morgan fingerprint density at radius 3 is 2.23 bits per heavy atom. The van der Waals surface area contributed by atoms with Crippen LogP contribution in [0.5, 0.6) is 11.5 Å². The lowest BCUT2D eigenvalue weighted by atomic mass is 9.91. The minimum atomic E-state index is -0.367. The number of methoxy groups -OCH3 is 1. The highest BCUT2D eigenvalue weighted by molar-refractivity contribution is 5.82. The summed E-state index contributed by atoms with van der Waals surface area (Å²) in [5.41, 5.74) is -0.367. The smallest absolute Gasteiger partial charge is 0.227 e. The molecule has 1 aliphatic heterocycles. The molecule has 26 heavy (non-hydrogen) atoms. The Balaban J connectivity index is 1.66. The summed E-state index contributed by atoms with van der Waals surface area (Å²) in [5.74, 6) is 1.70. The third-order valence-corrected chi connectivity index (χ3v) is 4.52. The van der Waals surface area contributed by atoms with Crippen LogP contribution in [-0.2, 0) is 9.59 Å². The Morgan fingerprint density at radius 1 is 1.12 bits per heavy atom. The van der Waals surface area contributed by atoms with E-state index in [0.29, 0.717) is 39.1 Å². The molecule has 0 aromatic heterocycles. The van der Waals surface area contributed by atoms with Gasteiger partial charge in [-0.3, -0.25) is 9.59 Å². The van der Waals surface area contributed by atoms with Crippen molar-refractivity contribution in [3.05, 3.63) is 24.3 Å².